The van der Waals surface area contributed by atoms with Gasteiger partial charge in [-0.15, -0.1) is 0 Å². The second-order valence-corrected chi connectivity index (χ2v) is 12.6. The third kappa shape index (κ3) is 7.80. The van der Waals surface area contributed by atoms with Gasteiger partial charge in [0.2, 0.25) is 0 Å². The van der Waals surface area contributed by atoms with E-state index in [0.29, 0.717) is 18.6 Å². The summed E-state index contributed by atoms with van der Waals surface area (Å²) in [6.07, 6.45) is 7.56. The monoisotopic (exact) mass is 302 g/mol. The summed E-state index contributed by atoms with van der Waals surface area (Å²) in [6.45, 7) is 16.3. The van der Waals surface area contributed by atoms with Crippen LogP contribution in [0.25, 0.3) is 0 Å². The summed E-state index contributed by atoms with van der Waals surface area (Å²) in [5.74, 6) is 0.395. The zero-order chi connectivity index (χ0) is 15.8. The van der Waals surface area contributed by atoms with Crippen LogP contribution >= 0.6 is 0 Å². The molecule has 0 rings (SSSR count). The minimum atomic E-state index is -1.67. The predicted octanol–water partition coefficient (Wildman–Crippen LogP) is 5.37. The molecule has 0 saturated carbocycles. The molecule has 0 aliphatic heterocycles. The van der Waals surface area contributed by atoms with Crippen LogP contribution in [-0.2, 0) is 4.43 Å². The van der Waals surface area contributed by atoms with Gasteiger partial charge in [0.05, 0.1) is 0 Å². The van der Waals surface area contributed by atoms with Gasteiger partial charge in [-0.05, 0) is 43.3 Å². The molecule has 0 unspecified atom stereocenters. The van der Waals surface area contributed by atoms with Crippen molar-refractivity contribution in [1.29, 1.82) is 0 Å². The first-order valence-corrected chi connectivity index (χ1v) is 11.3. The van der Waals surface area contributed by atoms with E-state index in [0.717, 1.165) is 12.8 Å². The van der Waals surface area contributed by atoms with Crippen molar-refractivity contribution in [3.8, 4) is 0 Å². The standard InChI is InChI=1S/C17H38O2Si/c1-8-9-10-11-16(13-12-15(2)14-18)19-20(6,7)17(3,4)5/h15-16,18H,8-14H2,1-7H3/t15-,16+/m0/s1. The van der Waals surface area contributed by atoms with E-state index in [2.05, 4.69) is 47.7 Å². The molecule has 0 radical (unpaired) electrons. The molecular weight excluding hydrogens is 264 g/mol. The smallest absolute Gasteiger partial charge is 0.192 e. The Hall–Kier alpha value is 0.137. The van der Waals surface area contributed by atoms with E-state index in [9.17, 15) is 5.11 Å². The highest BCUT2D eigenvalue weighted by Gasteiger charge is 2.38. The fourth-order valence-electron chi connectivity index (χ4n) is 2.04. The lowest BCUT2D eigenvalue weighted by Gasteiger charge is -2.39. The lowest BCUT2D eigenvalue weighted by Crippen LogP contribution is -2.44. The first kappa shape index (κ1) is 20.1. The molecule has 0 amide bonds. The molecule has 0 heterocycles. The molecule has 2 atom stereocenters. The molecule has 3 heteroatoms. The average molecular weight is 303 g/mol. The van der Waals surface area contributed by atoms with Gasteiger partial charge < -0.3 is 9.53 Å². The van der Waals surface area contributed by atoms with Crippen LogP contribution in [0.1, 0.15) is 73.1 Å². The van der Waals surface area contributed by atoms with Crippen molar-refractivity contribution in [3.05, 3.63) is 0 Å². The quantitative estimate of drug-likeness (QED) is 0.434. The van der Waals surface area contributed by atoms with Crippen LogP contribution in [0.5, 0.6) is 0 Å². The Kier molecular flexibility index (Phi) is 9.28. The number of aliphatic hydroxyl groups excluding tert-OH is 1. The third-order valence-electron chi connectivity index (χ3n) is 4.69. The van der Waals surface area contributed by atoms with Crippen LogP contribution in [-0.4, -0.2) is 26.1 Å². The molecule has 0 bridgehead atoms. The van der Waals surface area contributed by atoms with E-state index in [4.69, 9.17) is 4.43 Å². The van der Waals surface area contributed by atoms with Gasteiger partial charge >= 0.3 is 0 Å². The first-order valence-electron chi connectivity index (χ1n) is 8.42. The SMILES string of the molecule is CCCCC[C@H](CC[C@H](C)CO)O[Si](C)(C)C(C)(C)C. The minimum absolute atomic E-state index is 0.276. The topological polar surface area (TPSA) is 29.5 Å². The molecule has 0 aromatic carbocycles. The largest absolute Gasteiger partial charge is 0.414 e. The van der Waals surface area contributed by atoms with E-state index >= 15 is 0 Å². The van der Waals surface area contributed by atoms with Crippen LogP contribution in [0.2, 0.25) is 18.1 Å². The van der Waals surface area contributed by atoms with Crippen molar-refractivity contribution >= 4 is 8.32 Å². The van der Waals surface area contributed by atoms with Gasteiger partial charge in [-0.1, -0.05) is 53.9 Å². The normalized spacial score (nSPS) is 16.2. The number of hydrogen-bond acceptors (Lipinski definition) is 2. The highest BCUT2D eigenvalue weighted by atomic mass is 28.4. The molecule has 0 spiro atoms. The van der Waals surface area contributed by atoms with E-state index < -0.39 is 8.32 Å². The summed E-state index contributed by atoms with van der Waals surface area (Å²) in [7, 11) is -1.67. The zero-order valence-corrected chi connectivity index (χ0v) is 16.0. The fraction of sp³-hybridized carbons (Fsp3) is 1.00. The highest BCUT2D eigenvalue weighted by Crippen LogP contribution is 2.38. The van der Waals surface area contributed by atoms with E-state index in [1.807, 2.05) is 0 Å². The average Bonchev–Trinajstić information content (AvgIpc) is 2.33. The predicted molar refractivity (Wildman–Crippen MR) is 91.7 cm³/mol. The second-order valence-electron chi connectivity index (χ2n) is 7.86. The zero-order valence-electron chi connectivity index (χ0n) is 15.0. The molecule has 20 heavy (non-hydrogen) atoms. The van der Waals surface area contributed by atoms with Crippen molar-refractivity contribution in [2.24, 2.45) is 5.92 Å². The van der Waals surface area contributed by atoms with Gasteiger partial charge in [0.1, 0.15) is 0 Å². The first-order chi connectivity index (χ1) is 9.14. The molecule has 122 valence electrons. The maximum Gasteiger partial charge on any atom is 0.192 e. The molecular formula is C17H38O2Si. The fourth-order valence-corrected chi connectivity index (χ4v) is 3.46. The van der Waals surface area contributed by atoms with Crippen molar-refractivity contribution in [2.45, 2.75) is 97.4 Å². The highest BCUT2D eigenvalue weighted by molar-refractivity contribution is 6.74. The molecule has 0 aliphatic rings. The number of unbranched alkanes of at least 4 members (excludes halogenated alkanes) is 2. The summed E-state index contributed by atoms with van der Waals surface area (Å²) in [6, 6.07) is 0. The number of rotatable bonds is 10. The molecule has 1 N–H and O–H groups in total. The van der Waals surface area contributed by atoms with Crippen molar-refractivity contribution < 1.29 is 9.53 Å². The summed E-state index contributed by atoms with van der Waals surface area (Å²) in [4.78, 5) is 0. The maximum atomic E-state index is 9.19. The Bertz CT molecular complexity index is 246. The van der Waals surface area contributed by atoms with Crippen LogP contribution in [0.3, 0.4) is 0 Å². The number of aliphatic hydroxyl groups is 1. The summed E-state index contributed by atoms with van der Waals surface area (Å²) in [5, 5.41) is 9.47. The van der Waals surface area contributed by atoms with Crippen molar-refractivity contribution in [3.63, 3.8) is 0 Å². The van der Waals surface area contributed by atoms with E-state index in [1.165, 1.54) is 25.7 Å². The van der Waals surface area contributed by atoms with Crippen molar-refractivity contribution in [1.82, 2.24) is 0 Å². The summed E-state index contributed by atoms with van der Waals surface area (Å²) in [5.41, 5.74) is 0. The van der Waals surface area contributed by atoms with Gasteiger partial charge in [-0.3, -0.25) is 0 Å². The Balaban J connectivity index is 4.51. The third-order valence-corrected chi connectivity index (χ3v) is 9.23. The second kappa shape index (κ2) is 9.21. The Labute approximate surface area is 128 Å². The van der Waals surface area contributed by atoms with E-state index in [1.54, 1.807) is 0 Å². The van der Waals surface area contributed by atoms with Gasteiger partial charge in [-0.25, -0.2) is 0 Å². The lowest BCUT2D eigenvalue weighted by molar-refractivity contribution is 0.140. The lowest BCUT2D eigenvalue weighted by atomic mass is 10.0. The van der Waals surface area contributed by atoms with Gasteiger partial charge in [0.25, 0.3) is 0 Å². The van der Waals surface area contributed by atoms with E-state index in [-0.39, 0.29) is 5.04 Å². The van der Waals surface area contributed by atoms with Crippen LogP contribution in [0.4, 0.5) is 0 Å². The molecule has 0 aromatic rings. The minimum Gasteiger partial charge on any atom is -0.414 e. The Morgan fingerprint density at radius 2 is 1.65 bits per heavy atom. The van der Waals surface area contributed by atoms with Crippen LogP contribution in [0, 0.1) is 5.92 Å². The molecule has 2 nitrogen and oxygen atoms in total. The molecule has 0 fully saturated rings. The molecule has 0 saturated heterocycles. The Morgan fingerprint density at radius 1 is 1.05 bits per heavy atom. The van der Waals surface area contributed by atoms with Gasteiger partial charge in [0.15, 0.2) is 8.32 Å². The summed E-state index contributed by atoms with van der Waals surface area (Å²) < 4.78 is 6.60. The van der Waals surface area contributed by atoms with Gasteiger partial charge in [-0.2, -0.15) is 0 Å². The summed E-state index contributed by atoms with van der Waals surface area (Å²) >= 11 is 0. The van der Waals surface area contributed by atoms with Crippen LogP contribution < -0.4 is 0 Å². The Morgan fingerprint density at radius 3 is 2.10 bits per heavy atom. The van der Waals surface area contributed by atoms with Crippen LogP contribution in [0.15, 0.2) is 0 Å². The van der Waals surface area contributed by atoms with Crippen molar-refractivity contribution in [2.75, 3.05) is 6.61 Å². The maximum absolute atomic E-state index is 9.19. The molecule has 0 aliphatic carbocycles. The van der Waals surface area contributed by atoms with Gasteiger partial charge in [0, 0.05) is 12.7 Å². The molecule has 0 aromatic heterocycles. The number of hydrogen-bond donors (Lipinski definition) is 1.